The summed E-state index contributed by atoms with van der Waals surface area (Å²) in [6.45, 7) is 0. The van der Waals surface area contributed by atoms with E-state index in [1.807, 2.05) is 24.3 Å². The largest absolute Gasteiger partial charge is 0.497 e. The van der Waals surface area contributed by atoms with E-state index in [1.165, 1.54) is 6.07 Å². The van der Waals surface area contributed by atoms with E-state index in [9.17, 15) is 4.79 Å². The summed E-state index contributed by atoms with van der Waals surface area (Å²) in [6.07, 6.45) is 0. The maximum atomic E-state index is 12.5. The van der Waals surface area contributed by atoms with Crippen molar-refractivity contribution < 1.29 is 13.9 Å². The van der Waals surface area contributed by atoms with Gasteiger partial charge in [0.15, 0.2) is 5.58 Å². The van der Waals surface area contributed by atoms with E-state index in [0.29, 0.717) is 44.0 Å². The van der Waals surface area contributed by atoms with Gasteiger partial charge in [0.25, 0.3) is 5.91 Å². The van der Waals surface area contributed by atoms with Crippen LogP contribution in [0.15, 0.2) is 65.1 Å². The molecule has 4 rings (SSSR count). The summed E-state index contributed by atoms with van der Waals surface area (Å²) >= 11 is 12.0. The minimum absolute atomic E-state index is 0.298. The number of amides is 1. The number of halogens is 2. The molecule has 3 aromatic carbocycles. The zero-order valence-electron chi connectivity index (χ0n) is 14.7. The molecule has 1 aromatic heterocycles. The lowest BCUT2D eigenvalue weighted by Gasteiger charge is -2.07. The maximum absolute atomic E-state index is 12.5. The van der Waals surface area contributed by atoms with E-state index < -0.39 is 0 Å². The minimum Gasteiger partial charge on any atom is -0.497 e. The molecule has 0 radical (unpaired) electrons. The topological polar surface area (TPSA) is 64.4 Å². The first-order chi connectivity index (χ1) is 13.5. The molecule has 0 atom stereocenters. The van der Waals surface area contributed by atoms with Crippen LogP contribution in [0.2, 0.25) is 10.0 Å². The van der Waals surface area contributed by atoms with Crippen molar-refractivity contribution in [1.29, 1.82) is 0 Å². The van der Waals surface area contributed by atoms with Crippen molar-refractivity contribution in [2.75, 3.05) is 12.4 Å². The average molecular weight is 413 g/mol. The molecular weight excluding hydrogens is 399 g/mol. The van der Waals surface area contributed by atoms with Crippen LogP contribution in [0.4, 0.5) is 5.69 Å². The smallest absolute Gasteiger partial charge is 0.257 e. The maximum Gasteiger partial charge on any atom is 0.257 e. The number of oxazole rings is 1. The predicted molar refractivity (Wildman–Crippen MR) is 110 cm³/mol. The molecule has 4 aromatic rings. The fraction of sp³-hybridized carbons (Fsp3) is 0.0476. The Morgan fingerprint density at radius 3 is 2.75 bits per heavy atom. The van der Waals surface area contributed by atoms with Gasteiger partial charge in [-0.15, -0.1) is 0 Å². The number of rotatable bonds is 4. The number of methoxy groups -OCH3 is 1. The molecule has 0 saturated carbocycles. The first kappa shape index (κ1) is 18.3. The molecule has 5 nitrogen and oxygen atoms in total. The second-order valence-electron chi connectivity index (χ2n) is 6.01. The van der Waals surface area contributed by atoms with Crippen LogP contribution in [0.1, 0.15) is 10.4 Å². The van der Waals surface area contributed by atoms with Crippen molar-refractivity contribution in [3.05, 3.63) is 76.3 Å². The van der Waals surface area contributed by atoms with Crippen LogP contribution < -0.4 is 10.1 Å². The number of hydrogen-bond acceptors (Lipinski definition) is 4. The number of benzene rings is 3. The summed E-state index contributed by atoms with van der Waals surface area (Å²) in [4.78, 5) is 17.0. The third kappa shape index (κ3) is 3.67. The number of hydrogen-bond donors (Lipinski definition) is 1. The van der Waals surface area contributed by atoms with Crippen LogP contribution in [0, 0.1) is 0 Å². The van der Waals surface area contributed by atoms with Crippen molar-refractivity contribution in [1.82, 2.24) is 4.98 Å². The number of ether oxygens (including phenoxy) is 1. The Balaban J connectivity index is 1.63. The molecule has 0 aliphatic carbocycles. The minimum atomic E-state index is -0.358. The van der Waals surface area contributed by atoms with Gasteiger partial charge in [0.1, 0.15) is 11.3 Å². The molecule has 0 bridgehead atoms. The zero-order valence-corrected chi connectivity index (χ0v) is 16.2. The van der Waals surface area contributed by atoms with Crippen molar-refractivity contribution >= 4 is 45.9 Å². The van der Waals surface area contributed by atoms with Crippen molar-refractivity contribution in [2.45, 2.75) is 0 Å². The predicted octanol–water partition coefficient (Wildman–Crippen LogP) is 6.06. The van der Waals surface area contributed by atoms with E-state index in [-0.39, 0.29) is 5.91 Å². The number of nitrogens with one attached hydrogen (secondary N) is 1. The van der Waals surface area contributed by atoms with Crippen LogP contribution in [-0.4, -0.2) is 18.0 Å². The Bertz CT molecular complexity index is 1190. The van der Waals surface area contributed by atoms with Gasteiger partial charge in [-0.25, -0.2) is 4.98 Å². The molecule has 1 N–H and O–H groups in total. The Hall–Kier alpha value is -3.02. The normalized spacial score (nSPS) is 10.8. The van der Waals surface area contributed by atoms with Gasteiger partial charge in [0.2, 0.25) is 5.89 Å². The summed E-state index contributed by atoms with van der Waals surface area (Å²) in [7, 11) is 1.60. The quantitative estimate of drug-likeness (QED) is 0.442. The monoisotopic (exact) mass is 412 g/mol. The number of carbonyl (C=O) groups is 1. The van der Waals surface area contributed by atoms with E-state index in [0.717, 1.165) is 5.56 Å². The fourth-order valence-corrected chi connectivity index (χ4v) is 3.13. The number of aromatic nitrogens is 1. The Labute approximate surface area is 170 Å². The SMILES string of the molecule is COc1cccc(-c2nc3cc(NC(=O)c4cc(Cl)ccc4Cl)ccc3o2)c1. The number of anilines is 1. The van der Waals surface area contributed by atoms with Crippen LogP contribution in [0.25, 0.3) is 22.6 Å². The first-order valence-electron chi connectivity index (χ1n) is 8.35. The van der Waals surface area contributed by atoms with Gasteiger partial charge in [-0.05, 0) is 54.6 Å². The summed E-state index contributed by atoms with van der Waals surface area (Å²) in [5.74, 6) is 0.824. The van der Waals surface area contributed by atoms with Crippen molar-refractivity contribution in [2.24, 2.45) is 0 Å². The van der Waals surface area contributed by atoms with Crippen molar-refractivity contribution in [3.63, 3.8) is 0 Å². The highest BCUT2D eigenvalue weighted by atomic mass is 35.5. The first-order valence-corrected chi connectivity index (χ1v) is 9.10. The molecular formula is C21H14Cl2N2O3. The van der Waals surface area contributed by atoms with E-state index in [4.69, 9.17) is 32.4 Å². The second-order valence-corrected chi connectivity index (χ2v) is 6.86. The van der Waals surface area contributed by atoms with E-state index >= 15 is 0 Å². The third-order valence-electron chi connectivity index (χ3n) is 4.14. The third-order valence-corrected chi connectivity index (χ3v) is 4.70. The van der Waals surface area contributed by atoms with E-state index in [2.05, 4.69) is 10.3 Å². The molecule has 0 aliphatic heterocycles. The van der Waals surface area contributed by atoms with Crippen LogP contribution >= 0.6 is 23.2 Å². The van der Waals surface area contributed by atoms with Gasteiger partial charge in [-0.2, -0.15) is 0 Å². The molecule has 0 fully saturated rings. The zero-order chi connectivity index (χ0) is 19.7. The van der Waals surface area contributed by atoms with Gasteiger partial charge < -0.3 is 14.5 Å². The molecule has 0 spiro atoms. The molecule has 28 heavy (non-hydrogen) atoms. The summed E-state index contributed by atoms with van der Waals surface area (Å²) < 4.78 is 11.1. The molecule has 7 heteroatoms. The lowest BCUT2D eigenvalue weighted by atomic mass is 10.2. The lowest BCUT2D eigenvalue weighted by molar-refractivity contribution is 0.102. The number of fused-ring (bicyclic) bond motifs is 1. The molecule has 0 saturated heterocycles. The van der Waals surface area contributed by atoms with Gasteiger partial charge in [-0.1, -0.05) is 29.3 Å². The van der Waals surface area contributed by atoms with Gasteiger partial charge in [0.05, 0.1) is 17.7 Å². The fourth-order valence-electron chi connectivity index (χ4n) is 2.75. The Kier molecular flexibility index (Phi) is 4.94. The van der Waals surface area contributed by atoms with Crippen LogP contribution in [0.5, 0.6) is 5.75 Å². The Morgan fingerprint density at radius 1 is 1.07 bits per heavy atom. The van der Waals surface area contributed by atoms with Gasteiger partial charge >= 0.3 is 0 Å². The molecule has 1 heterocycles. The lowest BCUT2D eigenvalue weighted by Crippen LogP contribution is -2.12. The van der Waals surface area contributed by atoms with Crippen LogP contribution in [0.3, 0.4) is 0 Å². The standard InChI is InChI=1S/C21H14Cl2N2O3/c1-27-15-4-2-3-12(9-15)21-25-18-11-14(6-8-19(18)28-21)24-20(26)16-10-13(22)5-7-17(16)23/h2-11H,1H3,(H,24,26). The summed E-state index contributed by atoms with van der Waals surface area (Å²) in [5, 5.41) is 3.56. The van der Waals surface area contributed by atoms with E-state index in [1.54, 1.807) is 37.4 Å². The van der Waals surface area contributed by atoms with Crippen LogP contribution in [-0.2, 0) is 0 Å². The number of nitrogens with zero attached hydrogens (tertiary/aromatic N) is 1. The summed E-state index contributed by atoms with van der Waals surface area (Å²) in [6, 6.07) is 17.4. The highest BCUT2D eigenvalue weighted by molar-refractivity contribution is 6.36. The molecule has 0 unspecified atom stereocenters. The van der Waals surface area contributed by atoms with Gasteiger partial charge in [0, 0.05) is 16.3 Å². The number of carbonyl (C=O) groups excluding carboxylic acids is 1. The molecule has 0 aliphatic rings. The molecule has 1 amide bonds. The highest BCUT2D eigenvalue weighted by Gasteiger charge is 2.14. The Morgan fingerprint density at radius 2 is 1.93 bits per heavy atom. The van der Waals surface area contributed by atoms with Crippen molar-refractivity contribution in [3.8, 4) is 17.2 Å². The highest BCUT2D eigenvalue weighted by Crippen LogP contribution is 2.29. The molecule has 140 valence electrons. The second kappa shape index (κ2) is 7.54. The average Bonchev–Trinajstić information content (AvgIpc) is 3.13. The summed E-state index contributed by atoms with van der Waals surface area (Å²) in [5.41, 5.74) is 2.89. The van der Waals surface area contributed by atoms with Gasteiger partial charge in [-0.3, -0.25) is 4.79 Å².